The molecule has 2 aromatic carbocycles. The summed E-state index contributed by atoms with van der Waals surface area (Å²) in [5.41, 5.74) is 1.88. The zero-order valence-corrected chi connectivity index (χ0v) is 14.9. The largest absolute Gasteiger partial charge is 0.484 e. The maximum absolute atomic E-state index is 12.0. The Morgan fingerprint density at radius 3 is 2.62 bits per heavy atom. The summed E-state index contributed by atoms with van der Waals surface area (Å²) in [6.45, 7) is 2.58. The highest BCUT2D eigenvalue weighted by atomic mass is 16.5. The van der Waals surface area contributed by atoms with Crippen LogP contribution in [-0.4, -0.2) is 25.0 Å². The zero-order valence-electron chi connectivity index (χ0n) is 14.9. The third kappa shape index (κ3) is 5.34. The lowest BCUT2D eigenvalue weighted by Gasteiger charge is -2.13. The number of nitrogens with one attached hydrogen (secondary N) is 2. The van der Waals surface area contributed by atoms with Crippen molar-refractivity contribution in [1.29, 1.82) is 0 Å². The maximum Gasteiger partial charge on any atom is 0.257 e. The van der Waals surface area contributed by atoms with Gasteiger partial charge in [0.05, 0.1) is 0 Å². The van der Waals surface area contributed by atoms with E-state index < -0.39 is 0 Å². The van der Waals surface area contributed by atoms with E-state index in [-0.39, 0.29) is 30.3 Å². The Bertz CT molecular complexity index is 757. The fourth-order valence-electron chi connectivity index (χ4n) is 2.62. The number of rotatable bonds is 8. The van der Waals surface area contributed by atoms with E-state index in [4.69, 9.17) is 4.74 Å². The van der Waals surface area contributed by atoms with Gasteiger partial charge >= 0.3 is 0 Å². The second kappa shape index (κ2) is 8.52. The number of hydrogen-bond acceptors (Lipinski definition) is 3. The lowest BCUT2D eigenvalue weighted by Crippen LogP contribution is -2.31. The summed E-state index contributed by atoms with van der Waals surface area (Å²) in [6, 6.07) is 17.2. The summed E-state index contributed by atoms with van der Waals surface area (Å²) in [4.78, 5) is 23.8. The summed E-state index contributed by atoms with van der Waals surface area (Å²) in [7, 11) is 0. The first-order valence-corrected chi connectivity index (χ1v) is 8.97. The van der Waals surface area contributed by atoms with Crippen LogP contribution in [0.4, 0.5) is 5.69 Å². The van der Waals surface area contributed by atoms with Crippen LogP contribution in [0.3, 0.4) is 0 Å². The van der Waals surface area contributed by atoms with E-state index in [0.717, 1.165) is 12.8 Å². The highest BCUT2D eigenvalue weighted by molar-refractivity contribution is 5.94. The van der Waals surface area contributed by atoms with Crippen LogP contribution in [0.1, 0.15) is 31.2 Å². The molecular formula is C21H24N2O3. The third-order valence-corrected chi connectivity index (χ3v) is 4.39. The van der Waals surface area contributed by atoms with Gasteiger partial charge in [-0.05, 0) is 36.5 Å². The van der Waals surface area contributed by atoms with Gasteiger partial charge in [0.15, 0.2) is 6.61 Å². The molecule has 2 aromatic rings. The van der Waals surface area contributed by atoms with Crippen LogP contribution in [-0.2, 0) is 9.59 Å². The van der Waals surface area contributed by atoms with E-state index >= 15 is 0 Å². The van der Waals surface area contributed by atoms with Gasteiger partial charge in [-0.25, -0.2) is 0 Å². The molecule has 1 atom stereocenters. The smallest absolute Gasteiger partial charge is 0.257 e. The van der Waals surface area contributed by atoms with E-state index in [9.17, 15) is 9.59 Å². The summed E-state index contributed by atoms with van der Waals surface area (Å²) in [5.74, 6) is 0.831. The molecule has 3 rings (SSSR count). The Hall–Kier alpha value is -2.82. The third-order valence-electron chi connectivity index (χ3n) is 4.39. The van der Waals surface area contributed by atoms with Crippen LogP contribution < -0.4 is 15.4 Å². The first-order chi connectivity index (χ1) is 12.6. The van der Waals surface area contributed by atoms with Gasteiger partial charge in [-0.1, -0.05) is 43.3 Å². The monoisotopic (exact) mass is 352 g/mol. The Morgan fingerprint density at radius 2 is 1.88 bits per heavy atom. The number of anilines is 1. The number of ether oxygens (including phenoxy) is 1. The van der Waals surface area contributed by atoms with E-state index in [1.54, 1.807) is 18.2 Å². The molecule has 26 heavy (non-hydrogen) atoms. The van der Waals surface area contributed by atoms with Crippen molar-refractivity contribution in [3.8, 4) is 5.75 Å². The van der Waals surface area contributed by atoms with Gasteiger partial charge < -0.3 is 15.4 Å². The minimum Gasteiger partial charge on any atom is -0.484 e. The molecule has 0 aromatic heterocycles. The van der Waals surface area contributed by atoms with Gasteiger partial charge in [0, 0.05) is 24.2 Å². The first-order valence-electron chi connectivity index (χ1n) is 8.97. The van der Waals surface area contributed by atoms with E-state index in [1.165, 1.54) is 5.56 Å². The Labute approximate surface area is 153 Å². The Kier molecular flexibility index (Phi) is 5.89. The second-order valence-corrected chi connectivity index (χ2v) is 6.70. The van der Waals surface area contributed by atoms with Gasteiger partial charge in [-0.2, -0.15) is 0 Å². The summed E-state index contributed by atoms with van der Waals surface area (Å²) in [6.07, 6.45) is 1.92. The number of hydrogen-bond donors (Lipinski definition) is 2. The molecule has 136 valence electrons. The molecule has 0 spiro atoms. The number of benzene rings is 2. The van der Waals surface area contributed by atoms with Crippen molar-refractivity contribution in [2.75, 3.05) is 18.5 Å². The van der Waals surface area contributed by atoms with Gasteiger partial charge in [-0.3, -0.25) is 9.59 Å². The standard InChI is InChI=1S/C21H24N2O3/c1-15(16-6-3-2-4-7-16)13-22-20(24)14-26-19-9-5-8-18(12-19)23-21(25)17-10-11-17/h2-9,12,15,17H,10-11,13-14H2,1H3,(H,22,24)(H,23,25)/t15-/m1/s1. The Balaban J connectivity index is 1.43. The molecule has 0 aliphatic heterocycles. The molecule has 1 aliphatic rings. The summed E-state index contributed by atoms with van der Waals surface area (Å²) in [5, 5.41) is 5.76. The van der Waals surface area contributed by atoms with Crippen LogP contribution in [0.5, 0.6) is 5.75 Å². The minimum absolute atomic E-state index is 0.0507. The highest BCUT2D eigenvalue weighted by Gasteiger charge is 2.29. The molecule has 0 saturated heterocycles. The minimum atomic E-state index is -0.166. The summed E-state index contributed by atoms with van der Waals surface area (Å²) >= 11 is 0. The second-order valence-electron chi connectivity index (χ2n) is 6.70. The van der Waals surface area contributed by atoms with E-state index in [0.29, 0.717) is 18.0 Å². The fraction of sp³-hybridized carbons (Fsp3) is 0.333. The lowest BCUT2D eigenvalue weighted by molar-refractivity contribution is -0.123. The van der Waals surface area contributed by atoms with Crippen molar-refractivity contribution in [1.82, 2.24) is 5.32 Å². The molecule has 2 amide bonds. The summed E-state index contributed by atoms with van der Waals surface area (Å²) < 4.78 is 5.54. The molecule has 0 heterocycles. The van der Waals surface area contributed by atoms with Gasteiger partial charge in [0.2, 0.25) is 5.91 Å². The quantitative estimate of drug-likeness (QED) is 0.766. The van der Waals surface area contributed by atoms with Gasteiger partial charge in [0.25, 0.3) is 5.91 Å². The molecule has 1 fully saturated rings. The van der Waals surface area contributed by atoms with Gasteiger partial charge in [-0.15, -0.1) is 0 Å². The van der Waals surface area contributed by atoms with E-state index in [2.05, 4.69) is 29.7 Å². The van der Waals surface area contributed by atoms with Crippen molar-refractivity contribution in [2.24, 2.45) is 5.92 Å². The number of carbonyl (C=O) groups is 2. The first kappa shape index (κ1) is 18.0. The maximum atomic E-state index is 12.0. The van der Waals surface area contributed by atoms with Crippen molar-refractivity contribution in [3.05, 3.63) is 60.2 Å². The molecule has 5 nitrogen and oxygen atoms in total. The predicted octanol–water partition coefficient (Wildman–Crippen LogP) is 3.33. The SMILES string of the molecule is C[C@H](CNC(=O)COc1cccc(NC(=O)C2CC2)c1)c1ccccc1. The molecule has 1 aliphatic carbocycles. The molecule has 2 N–H and O–H groups in total. The molecule has 0 bridgehead atoms. The zero-order chi connectivity index (χ0) is 18.4. The fourth-order valence-corrected chi connectivity index (χ4v) is 2.62. The van der Waals surface area contributed by atoms with Crippen molar-refractivity contribution >= 4 is 17.5 Å². The van der Waals surface area contributed by atoms with Crippen LogP contribution in [0.15, 0.2) is 54.6 Å². The van der Waals surface area contributed by atoms with Crippen LogP contribution >= 0.6 is 0 Å². The highest BCUT2D eigenvalue weighted by Crippen LogP contribution is 2.30. The average molecular weight is 352 g/mol. The lowest BCUT2D eigenvalue weighted by atomic mass is 10.0. The van der Waals surface area contributed by atoms with Gasteiger partial charge in [0.1, 0.15) is 5.75 Å². The molecule has 1 saturated carbocycles. The molecule has 0 unspecified atom stereocenters. The van der Waals surface area contributed by atoms with Crippen LogP contribution in [0, 0.1) is 5.92 Å². The normalized spacial score (nSPS) is 14.3. The van der Waals surface area contributed by atoms with Crippen LogP contribution in [0.25, 0.3) is 0 Å². The Morgan fingerprint density at radius 1 is 1.12 bits per heavy atom. The molecule has 0 radical (unpaired) electrons. The average Bonchev–Trinajstić information content (AvgIpc) is 3.51. The van der Waals surface area contributed by atoms with Crippen molar-refractivity contribution in [2.45, 2.75) is 25.7 Å². The topological polar surface area (TPSA) is 67.4 Å². The predicted molar refractivity (Wildman–Crippen MR) is 101 cm³/mol. The molecular weight excluding hydrogens is 328 g/mol. The van der Waals surface area contributed by atoms with Crippen molar-refractivity contribution < 1.29 is 14.3 Å². The number of carbonyl (C=O) groups excluding carboxylic acids is 2. The van der Waals surface area contributed by atoms with E-state index in [1.807, 2.05) is 24.3 Å². The number of amides is 2. The van der Waals surface area contributed by atoms with Crippen molar-refractivity contribution in [3.63, 3.8) is 0 Å². The molecule has 5 heteroatoms. The van der Waals surface area contributed by atoms with Crippen LogP contribution in [0.2, 0.25) is 0 Å².